The van der Waals surface area contributed by atoms with Crippen LogP contribution in [0.15, 0.2) is 12.1 Å². The predicted molar refractivity (Wildman–Crippen MR) is 70.0 cm³/mol. The van der Waals surface area contributed by atoms with Crippen molar-refractivity contribution in [3.8, 4) is 5.75 Å². The van der Waals surface area contributed by atoms with Crippen LogP contribution in [-0.2, 0) is 20.7 Å². The van der Waals surface area contributed by atoms with Crippen molar-refractivity contribution in [2.75, 3.05) is 13.7 Å². The number of methoxy groups -OCH3 is 1. The van der Waals surface area contributed by atoms with E-state index in [0.717, 1.165) is 6.07 Å². The molecule has 1 aromatic carbocycles. The van der Waals surface area contributed by atoms with Crippen molar-refractivity contribution in [1.29, 1.82) is 0 Å². The van der Waals surface area contributed by atoms with Gasteiger partial charge in [-0.25, -0.2) is 4.79 Å². The first-order valence-corrected chi connectivity index (χ1v) is 5.99. The summed E-state index contributed by atoms with van der Waals surface area (Å²) < 4.78 is 9.40. The van der Waals surface area contributed by atoms with E-state index < -0.39 is 23.1 Å². The number of esters is 1. The van der Waals surface area contributed by atoms with Crippen molar-refractivity contribution in [1.82, 2.24) is 0 Å². The fourth-order valence-corrected chi connectivity index (χ4v) is 1.77. The Hall–Kier alpha value is -2.15. The Labute approximate surface area is 119 Å². The van der Waals surface area contributed by atoms with Crippen molar-refractivity contribution in [2.24, 2.45) is 0 Å². The second kappa shape index (κ2) is 6.85. The van der Waals surface area contributed by atoms with E-state index in [9.17, 15) is 19.7 Å². The zero-order valence-electron chi connectivity index (χ0n) is 10.8. The Kier molecular flexibility index (Phi) is 5.45. The zero-order valence-corrected chi connectivity index (χ0v) is 11.6. The summed E-state index contributed by atoms with van der Waals surface area (Å²) in [5, 5.41) is 11.1. The van der Waals surface area contributed by atoms with Crippen LogP contribution in [0, 0.1) is 10.1 Å². The van der Waals surface area contributed by atoms with Gasteiger partial charge in [0.2, 0.25) is 5.78 Å². The highest BCUT2D eigenvalue weighted by Gasteiger charge is 2.23. The molecule has 0 aromatic heterocycles. The largest absolute Gasteiger partial charge is 0.495 e. The van der Waals surface area contributed by atoms with Gasteiger partial charge in [-0.1, -0.05) is 11.6 Å². The van der Waals surface area contributed by atoms with Crippen LogP contribution < -0.4 is 4.74 Å². The number of halogens is 1. The van der Waals surface area contributed by atoms with Crippen LogP contribution >= 0.6 is 11.6 Å². The monoisotopic (exact) mass is 301 g/mol. The molecular formula is C12H12ClNO6. The van der Waals surface area contributed by atoms with Gasteiger partial charge in [-0.15, -0.1) is 0 Å². The molecule has 0 saturated carbocycles. The number of hydrogen-bond acceptors (Lipinski definition) is 6. The molecule has 1 aromatic rings. The van der Waals surface area contributed by atoms with Crippen LogP contribution in [-0.4, -0.2) is 30.4 Å². The Bertz CT molecular complexity index is 557. The lowest BCUT2D eigenvalue weighted by Gasteiger charge is -2.07. The molecule has 7 nitrogen and oxygen atoms in total. The molecule has 0 aliphatic heterocycles. The van der Waals surface area contributed by atoms with E-state index in [2.05, 4.69) is 4.74 Å². The number of carbonyl (C=O) groups is 2. The maximum absolute atomic E-state index is 11.6. The second-order valence-corrected chi connectivity index (χ2v) is 4.10. The van der Waals surface area contributed by atoms with Gasteiger partial charge in [-0.3, -0.25) is 14.9 Å². The summed E-state index contributed by atoms with van der Waals surface area (Å²) in [6.07, 6.45) is -0.459. The summed E-state index contributed by atoms with van der Waals surface area (Å²) in [6, 6.07) is 2.34. The maximum atomic E-state index is 11.6. The molecule has 0 bridgehead atoms. The Morgan fingerprint density at radius 3 is 2.55 bits per heavy atom. The van der Waals surface area contributed by atoms with Crippen LogP contribution in [0.25, 0.3) is 0 Å². The van der Waals surface area contributed by atoms with Crippen molar-refractivity contribution in [2.45, 2.75) is 13.3 Å². The lowest BCUT2D eigenvalue weighted by Crippen LogP contribution is -2.20. The summed E-state index contributed by atoms with van der Waals surface area (Å²) in [6.45, 7) is 1.61. The third kappa shape index (κ3) is 3.67. The minimum absolute atomic E-state index is 0.0267. The molecule has 0 aliphatic rings. The molecule has 0 N–H and O–H groups in total. The third-order valence-corrected chi connectivity index (χ3v) is 2.70. The van der Waals surface area contributed by atoms with Crippen LogP contribution in [0.2, 0.25) is 5.02 Å². The highest BCUT2D eigenvalue weighted by Crippen LogP contribution is 2.32. The van der Waals surface area contributed by atoms with Gasteiger partial charge in [0.05, 0.1) is 29.7 Å². The standard InChI is InChI=1S/C12H12ClNO6/c1-3-20-12(16)10(15)5-7-4-8(13)11(19-2)6-9(7)14(17)18/h4,6H,3,5H2,1-2H3. The van der Waals surface area contributed by atoms with E-state index in [1.165, 1.54) is 13.2 Å². The fraction of sp³-hybridized carbons (Fsp3) is 0.333. The number of nitrogens with zero attached hydrogens (tertiary/aromatic N) is 1. The second-order valence-electron chi connectivity index (χ2n) is 3.69. The molecule has 0 aliphatic carbocycles. The smallest absolute Gasteiger partial charge is 0.374 e. The molecule has 0 spiro atoms. The molecule has 108 valence electrons. The fourth-order valence-electron chi connectivity index (χ4n) is 1.51. The highest BCUT2D eigenvalue weighted by molar-refractivity contribution is 6.34. The Morgan fingerprint density at radius 2 is 2.05 bits per heavy atom. The number of benzene rings is 1. The zero-order chi connectivity index (χ0) is 15.3. The van der Waals surface area contributed by atoms with Crippen molar-refractivity contribution in [3.05, 3.63) is 32.8 Å². The van der Waals surface area contributed by atoms with Gasteiger partial charge in [0.1, 0.15) is 5.75 Å². The molecule has 0 amide bonds. The van der Waals surface area contributed by atoms with E-state index in [4.69, 9.17) is 16.3 Å². The van der Waals surface area contributed by atoms with Crippen LogP contribution in [0.5, 0.6) is 5.75 Å². The SMILES string of the molecule is CCOC(=O)C(=O)Cc1cc(Cl)c(OC)cc1[N+](=O)[O-]. The number of ketones is 1. The number of ether oxygens (including phenoxy) is 2. The molecule has 20 heavy (non-hydrogen) atoms. The number of carbonyl (C=O) groups excluding carboxylic acids is 2. The molecule has 8 heteroatoms. The van der Waals surface area contributed by atoms with E-state index in [1.54, 1.807) is 6.92 Å². The van der Waals surface area contributed by atoms with Gasteiger partial charge in [-0.2, -0.15) is 0 Å². The summed E-state index contributed by atoms with van der Waals surface area (Å²) in [5.41, 5.74) is -0.317. The van der Waals surface area contributed by atoms with Gasteiger partial charge in [0.25, 0.3) is 5.69 Å². The van der Waals surface area contributed by atoms with Crippen molar-refractivity contribution >= 4 is 29.0 Å². The number of Topliss-reactive ketones (excluding diaryl/α,β-unsaturated/α-hetero) is 1. The van der Waals surface area contributed by atoms with Gasteiger partial charge >= 0.3 is 5.97 Å². The Morgan fingerprint density at radius 1 is 1.40 bits per heavy atom. The summed E-state index contributed by atoms with van der Waals surface area (Å²) >= 11 is 5.86. The van der Waals surface area contributed by atoms with Crippen LogP contribution in [0.3, 0.4) is 0 Å². The van der Waals surface area contributed by atoms with Crippen molar-refractivity contribution in [3.63, 3.8) is 0 Å². The average molecular weight is 302 g/mol. The van der Waals surface area contributed by atoms with Gasteiger partial charge < -0.3 is 9.47 Å². The molecule has 0 saturated heterocycles. The van der Waals surface area contributed by atoms with E-state index >= 15 is 0 Å². The predicted octanol–water partition coefficient (Wildman–Crippen LogP) is 1.93. The molecule has 1 rings (SSSR count). The van der Waals surface area contributed by atoms with Crippen LogP contribution in [0.4, 0.5) is 5.69 Å². The normalized spacial score (nSPS) is 9.95. The maximum Gasteiger partial charge on any atom is 0.374 e. The average Bonchev–Trinajstić information content (AvgIpc) is 2.38. The summed E-state index contributed by atoms with van der Waals surface area (Å²) in [7, 11) is 1.31. The lowest BCUT2D eigenvalue weighted by atomic mass is 10.1. The van der Waals surface area contributed by atoms with Gasteiger partial charge in [0.15, 0.2) is 0 Å². The quantitative estimate of drug-likeness (QED) is 0.345. The summed E-state index contributed by atoms with van der Waals surface area (Å²) in [4.78, 5) is 33.1. The van der Waals surface area contributed by atoms with Crippen molar-refractivity contribution < 1.29 is 24.0 Å². The first kappa shape index (κ1) is 15.9. The number of nitro groups is 1. The van der Waals surface area contributed by atoms with Gasteiger partial charge in [-0.05, 0) is 13.0 Å². The Balaban J connectivity index is 3.11. The van der Waals surface area contributed by atoms with Gasteiger partial charge in [0, 0.05) is 12.0 Å². The third-order valence-electron chi connectivity index (χ3n) is 2.40. The highest BCUT2D eigenvalue weighted by atomic mass is 35.5. The first-order valence-electron chi connectivity index (χ1n) is 5.61. The number of nitro benzene ring substituents is 1. The number of hydrogen-bond donors (Lipinski definition) is 0. The minimum Gasteiger partial charge on any atom is -0.495 e. The minimum atomic E-state index is -1.03. The number of rotatable bonds is 6. The van der Waals surface area contributed by atoms with E-state index in [0.29, 0.717) is 0 Å². The topological polar surface area (TPSA) is 95.7 Å². The molecule has 0 radical (unpaired) electrons. The van der Waals surface area contributed by atoms with E-state index in [1.807, 2.05) is 0 Å². The molecule has 0 unspecified atom stereocenters. The van der Waals surface area contributed by atoms with E-state index in [-0.39, 0.29) is 28.6 Å². The van der Waals surface area contributed by atoms with Crippen LogP contribution in [0.1, 0.15) is 12.5 Å². The first-order chi connectivity index (χ1) is 9.40. The molecular weight excluding hydrogens is 290 g/mol. The molecule has 0 atom stereocenters. The molecule has 0 heterocycles. The molecule has 0 fully saturated rings. The summed E-state index contributed by atoms with van der Waals surface area (Å²) in [5.74, 6) is -1.80. The lowest BCUT2D eigenvalue weighted by molar-refractivity contribution is -0.385.